The van der Waals surface area contributed by atoms with E-state index < -0.39 is 114 Å². The van der Waals surface area contributed by atoms with Crippen LogP contribution in [0, 0.1) is 11.2 Å². The number of carbonyl (C=O) groups excluding carboxylic acids is 9. The molecule has 22 heteroatoms. The van der Waals surface area contributed by atoms with Crippen LogP contribution in [0.3, 0.4) is 0 Å². The second-order valence-electron chi connectivity index (χ2n) is 23.0. The number of esters is 2. The fourth-order valence-electron chi connectivity index (χ4n) is 10.1. The molecule has 3 heterocycles. The van der Waals surface area contributed by atoms with E-state index in [-0.39, 0.29) is 80.6 Å². The average Bonchev–Trinajstić information content (AvgIpc) is 3.69. The Morgan fingerprint density at radius 3 is 2.10 bits per heavy atom. The number of halogens is 1. The number of nitrogens with zero attached hydrogens (tertiary/aromatic N) is 5. The summed E-state index contributed by atoms with van der Waals surface area (Å²) >= 11 is 0. The minimum atomic E-state index is -1.53. The van der Waals surface area contributed by atoms with Gasteiger partial charge in [0, 0.05) is 52.9 Å². The van der Waals surface area contributed by atoms with Gasteiger partial charge in [-0.2, -0.15) is 0 Å². The Morgan fingerprint density at radius 1 is 0.738 bits per heavy atom. The van der Waals surface area contributed by atoms with Crippen LogP contribution >= 0.6 is 0 Å². The molecule has 6 amide bonds. The van der Waals surface area contributed by atoms with Crippen LogP contribution in [0.2, 0.25) is 0 Å². The fraction of sp³-hybridized carbons (Fsp3) is 0.532. The number of hydrogen-bond acceptors (Lipinski definition) is 15. The molecule has 2 fully saturated rings. The molecule has 0 saturated carbocycles. The smallest absolute Gasteiger partial charge is 0.330 e. The molecule has 3 aromatic rings. The number of benzene rings is 3. The number of fused-ring (bicyclic) bond motifs is 4. The number of methoxy groups -OCH3 is 2. The van der Waals surface area contributed by atoms with Crippen molar-refractivity contribution in [1.29, 1.82) is 0 Å². The van der Waals surface area contributed by atoms with Crippen molar-refractivity contribution >= 4 is 53.2 Å². The van der Waals surface area contributed by atoms with E-state index in [4.69, 9.17) is 28.4 Å². The van der Waals surface area contributed by atoms with Gasteiger partial charge < -0.3 is 58.2 Å². The van der Waals surface area contributed by atoms with Gasteiger partial charge in [0.1, 0.15) is 54.5 Å². The summed E-state index contributed by atoms with van der Waals surface area (Å²) in [6.45, 7) is 8.88. The fourth-order valence-corrected chi connectivity index (χ4v) is 10.1. The number of Topliss-reactive ketones (excluding diaryl/α,β-unsaturated/α-hetero) is 1. The van der Waals surface area contributed by atoms with Gasteiger partial charge in [-0.15, -0.1) is 0 Å². The number of cyclic esters (lactones) is 2. The lowest BCUT2D eigenvalue weighted by molar-refractivity contribution is -0.165. The van der Waals surface area contributed by atoms with E-state index in [1.54, 1.807) is 82.4 Å². The lowest BCUT2D eigenvalue weighted by atomic mass is 9.87. The van der Waals surface area contributed by atoms with E-state index in [9.17, 15) is 43.2 Å². The van der Waals surface area contributed by atoms with Crippen molar-refractivity contribution in [2.24, 2.45) is 5.41 Å². The molecule has 21 nitrogen and oxygen atoms in total. The summed E-state index contributed by atoms with van der Waals surface area (Å²) < 4.78 is 50.1. The molecule has 456 valence electrons. The van der Waals surface area contributed by atoms with Crippen LogP contribution in [0.5, 0.6) is 17.2 Å². The Bertz CT molecular complexity index is 2910. The van der Waals surface area contributed by atoms with E-state index in [0.29, 0.717) is 36.8 Å². The van der Waals surface area contributed by atoms with Gasteiger partial charge in [-0.1, -0.05) is 48.5 Å². The highest BCUT2D eigenvalue weighted by atomic mass is 19.1. The van der Waals surface area contributed by atoms with Gasteiger partial charge in [0.15, 0.2) is 18.1 Å². The molecule has 2 bridgehead atoms. The molecule has 1 N–H and O–H groups in total. The van der Waals surface area contributed by atoms with E-state index >= 15 is 4.39 Å². The Balaban J connectivity index is 1.33. The van der Waals surface area contributed by atoms with Crippen LogP contribution in [-0.2, 0) is 63.8 Å². The van der Waals surface area contributed by atoms with E-state index in [1.807, 2.05) is 0 Å². The van der Waals surface area contributed by atoms with Gasteiger partial charge in [-0.05, 0) is 128 Å². The summed E-state index contributed by atoms with van der Waals surface area (Å²) in [5.74, 6) is -6.43. The normalized spacial score (nSPS) is 24.0. The number of hydrogen-bond donors (Lipinski definition) is 1. The molecule has 0 aliphatic carbocycles. The molecule has 3 aliphatic heterocycles. The summed E-state index contributed by atoms with van der Waals surface area (Å²) in [7, 11) is 7.20. The Kier molecular flexibility index (Phi) is 22.6. The number of aryl methyl sites for hydroxylation is 1. The van der Waals surface area contributed by atoms with Gasteiger partial charge in [0.05, 0.1) is 31.8 Å². The molecule has 0 spiro atoms. The molecule has 0 aromatic heterocycles. The standard InChI is InChI=1S/C62H81FN6O15/c1-39-55(73)64-53(40-21-13-12-14-22-40)58(76)67(9)47(36-83-61(2,3)4)57(75)68-32-20-26-45(68)56(74)65(7)30-17-16-27-52(71)82-38-62(5,6)54(72)59(77)69-31-18-15-25-46(69)60(78)84-48(29-28-41-34-49(79-10)50(80-11)35-44(41)63)42-23-19-24-43(33-42)81-37-51(70)66(39)8/h12-14,16,19,21-24,27,33-35,39,45-48,53H,15,17-18,20,25-26,28-32,36-38H2,1-11H3,(H,64,73)/b27-16-/t39-,45-,46-,47-,48?,53?/m0/s1. The zero-order valence-electron chi connectivity index (χ0n) is 50.1. The van der Waals surface area contributed by atoms with Crippen LogP contribution in [0.15, 0.2) is 78.9 Å². The summed E-state index contributed by atoms with van der Waals surface area (Å²) in [5.41, 5.74) is -1.30. The molecular formula is C62H81FN6O15. The number of rotatable bonds is 8. The summed E-state index contributed by atoms with van der Waals surface area (Å²) in [5, 5.41) is 2.81. The maximum atomic E-state index is 15.6. The zero-order valence-corrected chi connectivity index (χ0v) is 50.1. The number of piperidine rings is 1. The van der Waals surface area contributed by atoms with Crippen LogP contribution in [0.25, 0.3) is 0 Å². The predicted molar refractivity (Wildman–Crippen MR) is 306 cm³/mol. The zero-order chi connectivity index (χ0) is 61.6. The van der Waals surface area contributed by atoms with Crippen molar-refractivity contribution in [2.45, 2.75) is 135 Å². The summed E-state index contributed by atoms with van der Waals surface area (Å²) in [4.78, 5) is 134. The third-order valence-corrected chi connectivity index (χ3v) is 15.4. The van der Waals surface area contributed by atoms with Crippen LogP contribution in [0.4, 0.5) is 4.39 Å². The van der Waals surface area contributed by atoms with Gasteiger partial charge in [-0.25, -0.2) is 14.0 Å². The van der Waals surface area contributed by atoms with Crippen molar-refractivity contribution in [1.82, 2.24) is 29.8 Å². The maximum absolute atomic E-state index is 15.6. The SMILES string of the molecule is COc1cc(F)c(CCC2OC(=O)[C@@H]3CCCCN3C(=O)C(=O)C(C)(C)COC(=O)/C=C\CCN(C)C(=O)[C@@H]3CCCN3C(=O)[C@H](COC(C)(C)C)N(C)C(=O)C(c3ccccc3)NC(=O)[C@H](C)N(C)C(=O)COc3cccc2c3)cc1OC. The van der Waals surface area contributed by atoms with Gasteiger partial charge >= 0.3 is 11.9 Å². The minimum Gasteiger partial charge on any atom is -0.493 e. The van der Waals surface area contributed by atoms with Gasteiger partial charge in [0.25, 0.3) is 11.8 Å². The molecule has 6 atom stereocenters. The molecule has 0 radical (unpaired) electrons. The summed E-state index contributed by atoms with van der Waals surface area (Å²) in [6.07, 6.45) is 3.78. The third kappa shape index (κ3) is 16.7. The first kappa shape index (κ1) is 65.3. The van der Waals surface area contributed by atoms with E-state index in [1.165, 1.54) is 86.9 Å². The Morgan fingerprint density at radius 2 is 1.40 bits per heavy atom. The van der Waals surface area contributed by atoms with Gasteiger partial charge in [0.2, 0.25) is 29.4 Å². The highest BCUT2D eigenvalue weighted by Gasteiger charge is 2.45. The van der Waals surface area contributed by atoms with Crippen molar-refractivity contribution in [2.75, 3.05) is 74.8 Å². The summed E-state index contributed by atoms with van der Waals surface area (Å²) in [6, 6.07) is 11.6. The first-order valence-corrected chi connectivity index (χ1v) is 28.4. The maximum Gasteiger partial charge on any atom is 0.330 e. The average molecular weight is 1170 g/mol. The third-order valence-electron chi connectivity index (χ3n) is 15.4. The Hall–Kier alpha value is -7.88. The molecule has 2 saturated heterocycles. The van der Waals surface area contributed by atoms with Crippen molar-refractivity contribution < 1.29 is 76.0 Å². The number of carbonyl (C=O) groups is 9. The van der Waals surface area contributed by atoms with E-state index in [2.05, 4.69) is 5.32 Å². The van der Waals surface area contributed by atoms with Crippen LogP contribution < -0.4 is 19.5 Å². The highest BCUT2D eigenvalue weighted by molar-refractivity contribution is 6.38. The number of amides is 6. The largest absolute Gasteiger partial charge is 0.493 e. The molecule has 84 heavy (non-hydrogen) atoms. The number of likely N-dealkylation sites (N-methyl/N-ethyl adjacent to an activating group) is 3. The van der Waals surface area contributed by atoms with Crippen molar-refractivity contribution in [3.63, 3.8) is 0 Å². The second kappa shape index (κ2) is 29.1. The first-order valence-electron chi connectivity index (χ1n) is 28.4. The topological polar surface area (TPSA) is 237 Å². The lowest BCUT2D eigenvalue weighted by Crippen LogP contribution is -2.58. The van der Waals surface area contributed by atoms with Gasteiger partial charge in [-0.3, -0.25) is 33.6 Å². The minimum absolute atomic E-state index is 0.00000335. The molecular weight excluding hydrogens is 1090 g/mol. The lowest BCUT2D eigenvalue weighted by Gasteiger charge is -2.37. The monoisotopic (exact) mass is 1170 g/mol. The molecule has 6 rings (SSSR count). The number of nitrogens with one attached hydrogen (secondary N) is 1. The second-order valence-corrected chi connectivity index (χ2v) is 23.0. The van der Waals surface area contributed by atoms with Crippen molar-refractivity contribution in [3.8, 4) is 17.2 Å². The highest BCUT2D eigenvalue weighted by Crippen LogP contribution is 2.35. The van der Waals surface area contributed by atoms with Crippen molar-refractivity contribution in [3.05, 3.63) is 101 Å². The first-order chi connectivity index (χ1) is 39.8. The quantitative estimate of drug-likeness (QED) is 0.210. The van der Waals surface area contributed by atoms with Crippen LogP contribution in [0.1, 0.15) is 115 Å². The van der Waals surface area contributed by atoms with Crippen LogP contribution in [-0.4, -0.2) is 182 Å². The molecule has 3 aliphatic rings. The Labute approximate surface area is 491 Å². The number of ether oxygens (including phenoxy) is 6. The molecule has 2 unspecified atom stereocenters. The van der Waals surface area contributed by atoms with E-state index in [0.717, 1.165) is 11.0 Å². The predicted octanol–water partition coefficient (Wildman–Crippen LogP) is 5.71. The molecule has 3 aromatic carbocycles. The number of ketones is 1.